The molecule has 0 unspecified atom stereocenters. The van der Waals surface area contributed by atoms with E-state index in [-0.39, 0.29) is 29.1 Å². The lowest BCUT2D eigenvalue weighted by Gasteiger charge is -2.25. The zero-order chi connectivity index (χ0) is 20.9. The Bertz CT molecular complexity index is 1100. The predicted octanol–water partition coefficient (Wildman–Crippen LogP) is 3.14. The summed E-state index contributed by atoms with van der Waals surface area (Å²) in [5.74, 6) is -0.358. The minimum Gasteiger partial charge on any atom is -0.465 e. The summed E-state index contributed by atoms with van der Waals surface area (Å²) in [5.41, 5.74) is 1.69. The Kier molecular flexibility index (Phi) is 4.69. The molecule has 8 heteroatoms. The molecule has 152 valence electrons. The van der Waals surface area contributed by atoms with Gasteiger partial charge in [0.2, 0.25) is 0 Å². The van der Waals surface area contributed by atoms with Gasteiger partial charge in [-0.05, 0) is 50.7 Å². The number of carbonyl (C=O) groups is 1. The van der Waals surface area contributed by atoms with Crippen LogP contribution in [-0.4, -0.2) is 34.9 Å². The number of fused-ring (bicyclic) bond motifs is 1. The van der Waals surface area contributed by atoms with E-state index in [1.165, 1.54) is 12.1 Å². The summed E-state index contributed by atoms with van der Waals surface area (Å²) in [4.78, 5) is 25.5. The maximum atomic E-state index is 15.2. The first kappa shape index (κ1) is 19.2. The Morgan fingerprint density at radius 3 is 2.72 bits per heavy atom. The second-order valence-corrected chi connectivity index (χ2v) is 8.07. The number of nitrogens with one attached hydrogen (secondary N) is 1. The molecule has 7 nitrogen and oxygen atoms in total. The van der Waals surface area contributed by atoms with Gasteiger partial charge in [0.15, 0.2) is 0 Å². The lowest BCUT2D eigenvalue weighted by Crippen LogP contribution is -2.38. The van der Waals surface area contributed by atoms with Crippen molar-refractivity contribution < 1.29 is 14.3 Å². The van der Waals surface area contributed by atoms with Gasteiger partial charge in [-0.15, -0.1) is 0 Å². The molecule has 1 aliphatic heterocycles. The molecule has 29 heavy (non-hydrogen) atoms. The van der Waals surface area contributed by atoms with Gasteiger partial charge in [-0.25, -0.2) is 9.18 Å². The van der Waals surface area contributed by atoms with Crippen LogP contribution in [0.2, 0.25) is 0 Å². The topological polar surface area (TPSA) is 98.4 Å². The molecule has 1 aliphatic carbocycles. The molecule has 1 saturated carbocycles. The Hall–Kier alpha value is -3.08. The van der Waals surface area contributed by atoms with Crippen molar-refractivity contribution in [1.82, 2.24) is 9.88 Å². The second kappa shape index (κ2) is 7.07. The number of pyridine rings is 1. The first-order chi connectivity index (χ1) is 13.8. The first-order valence-corrected chi connectivity index (χ1v) is 9.84. The average Bonchev–Trinajstić information content (AvgIpc) is 3.37. The van der Waals surface area contributed by atoms with Crippen LogP contribution in [0.3, 0.4) is 0 Å². The zero-order valence-corrected chi connectivity index (χ0v) is 16.4. The van der Waals surface area contributed by atoms with Crippen molar-refractivity contribution >= 4 is 22.7 Å². The van der Waals surface area contributed by atoms with Crippen LogP contribution in [-0.2, 0) is 0 Å². The summed E-state index contributed by atoms with van der Waals surface area (Å²) in [6.07, 6.45) is 1.47. The van der Waals surface area contributed by atoms with Crippen molar-refractivity contribution in [3.63, 3.8) is 0 Å². The SMILES string of the molecule is Cc1c(N2CC[C@@H]([C@H](C)NC(=O)O)C2)c(F)cc2c(C#N)cc(=O)n(C3CC3)c12. The molecular weight excluding hydrogens is 375 g/mol. The van der Waals surface area contributed by atoms with E-state index in [2.05, 4.69) is 5.32 Å². The van der Waals surface area contributed by atoms with E-state index in [9.17, 15) is 14.9 Å². The smallest absolute Gasteiger partial charge is 0.404 e. The number of aryl methyl sites for hydroxylation is 1. The summed E-state index contributed by atoms with van der Waals surface area (Å²) in [6, 6.07) is 4.54. The number of nitriles is 1. The number of hydrogen-bond donors (Lipinski definition) is 2. The van der Waals surface area contributed by atoms with Gasteiger partial charge in [0.05, 0.1) is 16.8 Å². The number of amides is 1. The van der Waals surface area contributed by atoms with Gasteiger partial charge in [-0.1, -0.05) is 0 Å². The standard InChI is InChI=1S/C21H23FN4O3/c1-11-19-16(14(9-23)7-18(27)26(19)15-3-4-15)8-17(22)20(11)25-6-5-13(10-25)12(2)24-21(28)29/h7-8,12-13,15,24H,3-6,10H2,1-2H3,(H,28,29)/t12-,13+/m0/s1. The van der Waals surface area contributed by atoms with Crippen molar-refractivity contribution in [2.45, 2.75) is 45.2 Å². The van der Waals surface area contributed by atoms with E-state index in [1.54, 1.807) is 11.5 Å². The van der Waals surface area contributed by atoms with E-state index in [0.717, 1.165) is 19.3 Å². The molecule has 0 radical (unpaired) electrons. The number of anilines is 1. The predicted molar refractivity (Wildman–Crippen MR) is 107 cm³/mol. The Morgan fingerprint density at radius 2 is 2.10 bits per heavy atom. The molecule has 2 aliphatic rings. The molecule has 2 N–H and O–H groups in total. The van der Waals surface area contributed by atoms with Crippen LogP contribution in [0.15, 0.2) is 16.9 Å². The molecule has 2 heterocycles. The van der Waals surface area contributed by atoms with Crippen molar-refractivity contribution in [1.29, 1.82) is 5.26 Å². The number of hydrogen-bond acceptors (Lipinski definition) is 4. The number of carboxylic acid groups (broad SMARTS) is 1. The maximum absolute atomic E-state index is 15.2. The molecule has 4 rings (SSSR count). The van der Waals surface area contributed by atoms with Gasteiger partial charge in [0.25, 0.3) is 5.56 Å². The third-order valence-corrected chi connectivity index (χ3v) is 6.13. The van der Waals surface area contributed by atoms with Gasteiger partial charge < -0.3 is 19.9 Å². The highest BCUT2D eigenvalue weighted by Gasteiger charge is 2.33. The number of aromatic nitrogens is 1. The molecule has 1 aromatic heterocycles. The number of benzene rings is 1. The Labute approximate surface area is 167 Å². The fraction of sp³-hybridized carbons (Fsp3) is 0.476. The van der Waals surface area contributed by atoms with Crippen LogP contribution in [0.25, 0.3) is 10.9 Å². The minimum atomic E-state index is -1.07. The highest BCUT2D eigenvalue weighted by atomic mass is 19.1. The lowest BCUT2D eigenvalue weighted by molar-refractivity contribution is 0.186. The van der Waals surface area contributed by atoms with Crippen LogP contribution < -0.4 is 15.8 Å². The molecule has 2 aromatic rings. The molecule has 1 saturated heterocycles. The van der Waals surface area contributed by atoms with E-state index < -0.39 is 11.9 Å². The quantitative estimate of drug-likeness (QED) is 0.824. The molecule has 0 spiro atoms. The summed E-state index contributed by atoms with van der Waals surface area (Å²) in [7, 11) is 0. The Balaban J connectivity index is 1.81. The molecule has 2 fully saturated rings. The fourth-order valence-electron chi connectivity index (χ4n) is 4.54. The minimum absolute atomic E-state index is 0.0664. The first-order valence-electron chi connectivity index (χ1n) is 9.84. The number of rotatable bonds is 4. The number of nitrogens with zero attached hydrogens (tertiary/aromatic N) is 3. The highest BCUT2D eigenvalue weighted by molar-refractivity contribution is 5.92. The maximum Gasteiger partial charge on any atom is 0.404 e. The average molecular weight is 398 g/mol. The normalized spacial score (nSPS) is 19.9. The third-order valence-electron chi connectivity index (χ3n) is 6.13. The monoisotopic (exact) mass is 398 g/mol. The van der Waals surface area contributed by atoms with Gasteiger partial charge in [0, 0.05) is 36.6 Å². The van der Waals surface area contributed by atoms with E-state index in [0.29, 0.717) is 35.2 Å². The van der Waals surface area contributed by atoms with Gasteiger partial charge in [-0.2, -0.15) is 5.26 Å². The lowest BCUT2D eigenvalue weighted by atomic mass is 10.0. The van der Waals surface area contributed by atoms with Crippen molar-refractivity contribution in [2.75, 3.05) is 18.0 Å². The van der Waals surface area contributed by atoms with Crippen molar-refractivity contribution in [3.05, 3.63) is 39.4 Å². The van der Waals surface area contributed by atoms with Crippen molar-refractivity contribution in [2.24, 2.45) is 5.92 Å². The molecule has 1 aromatic carbocycles. The largest absolute Gasteiger partial charge is 0.465 e. The van der Waals surface area contributed by atoms with E-state index in [4.69, 9.17) is 5.11 Å². The number of halogens is 1. The highest BCUT2D eigenvalue weighted by Crippen LogP contribution is 2.40. The van der Waals surface area contributed by atoms with Crippen molar-refractivity contribution in [3.8, 4) is 6.07 Å². The molecule has 2 atom stereocenters. The van der Waals surface area contributed by atoms with Gasteiger partial charge in [0.1, 0.15) is 11.9 Å². The summed E-state index contributed by atoms with van der Waals surface area (Å²) in [6.45, 7) is 4.74. The Morgan fingerprint density at radius 1 is 1.38 bits per heavy atom. The molecular formula is C21H23FN4O3. The molecule has 1 amide bonds. The van der Waals surface area contributed by atoms with E-state index in [1.807, 2.05) is 17.9 Å². The van der Waals surface area contributed by atoms with Crippen LogP contribution in [0.1, 0.15) is 43.4 Å². The van der Waals surface area contributed by atoms with E-state index >= 15 is 4.39 Å². The summed E-state index contributed by atoms with van der Waals surface area (Å²) < 4.78 is 16.9. The van der Waals surface area contributed by atoms with Crippen LogP contribution in [0, 0.1) is 30.0 Å². The van der Waals surface area contributed by atoms with Crippen LogP contribution in [0.4, 0.5) is 14.9 Å². The van der Waals surface area contributed by atoms with Gasteiger partial charge in [-0.3, -0.25) is 4.79 Å². The fourth-order valence-corrected chi connectivity index (χ4v) is 4.54. The third kappa shape index (κ3) is 3.31. The summed E-state index contributed by atoms with van der Waals surface area (Å²) >= 11 is 0. The van der Waals surface area contributed by atoms with Crippen LogP contribution >= 0.6 is 0 Å². The molecule has 0 bridgehead atoms. The van der Waals surface area contributed by atoms with Gasteiger partial charge >= 0.3 is 6.09 Å². The van der Waals surface area contributed by atoms with Crippen LogP contribution in [0.5, 0.6) is 0 Å². The summed E-state index contributed by atoms with van der Waals surface area (Å²) in [5, 5.41) is 21.4. The second-order valence-electron chi connectivity index (χ2n) is 8.07. The zero-order valence-electron chi connectivity index (χ0n) is 16.4.